The summed E-state index contributed by atoms with van der Waals surface area (Å²) in [5.41, 5.74) is 1.59. The summed E-state index contributed by atoms with van der Waals surface area (Å²) < 4.78 is 0.617. The Bertz CT molecular complexity index is 808. The number of nitrogens with one attached hydrogen (secondary N) is 1. The Labute approximate surface area is 133 Å². The molecule has 3 aromatic rings. The zero-order valence-corrected chi connectivity index (χ0v) is 13.7. The van der Waals surface area contributed by atoms with E-state index in [9.17, 15) is 4.79 Å². The van der Waals surface area contributed by atoms with E-state index in [0.29, 0.717) is 9.39 Å². The molecule has 0 radical (unpaired) electrons. The molecule has 0 fully saturated rings. The second kappa shape index (κ2) is 5.49. The molecule has 2 heterocycles. The molecule has 1 N–H and O–H groups in total. The summed E-state index contributed by atoms with van der Waals surface area (Å²) >= 11 is 3.67. The van der Waals surface area contributed by atoms with Gasteiger partial charge in [-0.15, -0.1) is 11.3 Å². The molecule has 0 aliphatic carbocycles. The van der Waals surface area contributed by atoms with Crippen LogP contribution in [0, 0.1) is 10.5 Å². The summed E-state index contributed by atoms with van der Waals surface area (Å²) in [5, 5.41) is 0. The highest BCUT2D eigenvalue weighted by atomic mass is 127. The molecular weight excluding hydrogens is 383 g/mol. The zero-order valence-electron chi connectivity index (χ0n) is 10.7. The number of hydrogen-bond donors (Lipinski definition) is 1. The van der Waals surface area contributed by atoms with Crippen LogP contribution in [0.1, 0.15) is 4.88 Å². The molecule has 20 heavy (non-hydrogen) atoms. The first-order chi connectivity index (χ1) is 9.65. The van der Waals surface area contributed by atoms with Crippen molar-refractivity contribution in [2.45, 2.75) is 6.92 Å². The lowest BCUT2D eigenvalue weighted by atomic mass is 10.1. The molecule has 0 unspecified atom stereocenters. The number of nitrogens with zero attached hydrogens (tertiary/aromatic N) is 1. The maximum Gasteiger partial charge on any atom is 0.265 e. The van der Waals surface area contributed by atoms with Crippen molar-refractivity contribution in [1.29, 1.82) is 0 Å². The van der Waals surface area contributed by atoms with Gasteiger partial charge in [-0.2, -0.15) is 0 Å². The lowest BCUT2D eigenvalue weighted by molar-refractivity contribution is 1.12. The Kier molecular flexibility index (Phi) is 3.71. The topological polar surface area (TPSA) is 45.8 Å². The van der Waals surface area contributed by atoms with Crippen molar-refractivity contribution < 1.29 is 0 Å². The van der Waals surface area contributed by atoms with E-state index < -0.39 is 0 Å². The SMILES string of the molecule is Cc1ccc(-c2nc(-c3ccccc3)c(I)c(=O)[nH]2)s1. The molecule has 3 nitrogen and oxygen atoms in total. The fraction of sp³-hybridized carbons (Fsp3) is 0.0667. The average Bonchev–Trinajstić information content (AvgIpc) is 2.89. The summed E-state index contributed by atoms with van der Waals surface area (Å²) in [6.07, 6.45) is 0. The number of rotatable bonds is 2. The lowest BCUT2D eigenvalue weighted by Crippen LogP contribution is -2.14. The van der Waals surface area contributed by atoms with Crippen LogP contribution in [0.15, 0.2) is 47.3 Å². The third-order valence-corrected chi connectivity index (χ3v) is 4.89. The van der Waals surface area contributed by atoms with E-state index in [4.69, 9.17) is 0 Å². The third-order valence-electron chi connectivity index (χ3n) is 2.88. The molecule has 0 amide bonds. The van der Waals surface area contributed by atoms with E-state index in [0.717, 1.165) is 16.1 Å². The normalized spacial score (nSPS) is 10.7. The van der Waals surface area contributed by atoms with Crippen molar-refractivity contribution >= 4 is 33.9 Å². The second-order valence-electron chi connectivity index (χ2n) is 4.35. The minimum Gasteiger partial charge on any atom is -0.305 e. The first-order valence-electron chi connectivity index (χ1n) is 6.07. The summed E-state index contributed by atoms with van der Waals surface area (Å²) in [7, 11) is 0. The predicted octanol–water partition coefficient (Wildman–Crippen LogP) is 4.08. The number of aryl methyl sites for hydroxylation is 1. The number of benzene rings is 1. The molecule has 0 aliphatic rings. The minimum absolute atomic E-state index is 0.0968. The van der Waals surface area contributed by atoms with Crippen molar-refractivity contribution in [2.24, 2.45) is 0 Å². The quantitative estimate of drug-likeness (QED) is 0.666. The Morgan fingerprint density at radius 2 is 1.90 bits per heavy atom. The van der Waals surface area contributed by atoms with E-state index in [1.165, 1.54) is 4.88 Å². The van der Waals surface area contributed by atoms with Crippen molar-refractivity contribution in [3.8, 4) is 22.0 Å². The Morgan fingerprint density at radius 1 is 1.15 bits per heavy atom. The number of thiophene rings is 1. The lowest BCUT2D eigenvalue weighted by Gasteiger charge is -2.05. The second-order valence-corrected chi connectivity index (χ2v) is 6.72. The molecule has 2 aromatic heterocycles. The fourth-order valence-electron chi connectivity index (χ4n) is 1.92. The number of halogens is 1. The summed E-state index contributed by atoms with van der Waals surface area (Å²) in [6.45, 7) is 2.04. The highest BCUT2D eigenvalue weighted by Crippen LogP contribution is 2.27. The Morgan fingerprint density at radius 3 is 2.55 bits per heavy atom. The molecule has 0 saturated heterocycles. The maximum atomic E-state index is 12.1. The van der Waals surface area contributed by atoms with Crippen LogP contribution in [0.2, 0.25) is 0 Å². The molecule has 1 aromatic carbocycles. The van der Waals surface area contributed by atoms with Gasteiger partial charge in [0.1, 0.15) is 3.57 Å². The van der Waals surface area contributed by atoms with Gasteiger partial charge < -0.3 is 4.98 Å². The number of H-pyrrole nitrogens is 1. The highest BCUT2D eigenvalue weighted by Gasteiger charge is 2.12. The monoisotopic (exact) mass is 394 g/mol. The van der Waals surface area contributed by atoms with Gasteiger partial charge in [0.15, 0.2) is 5.82 Å². The fourth-order valence-corrected chi connectivity index (χ4v) is 3.30. The number of aromatic nitrogens is 2. The van der Waals surface area contributed by atoms with Gasteiger partial charge >= 0.3 is 0 Å². The highest BCUT2D eigenvalue weighted by molar-refractivity contribution is 14.1. The van der Waals surface area contributed by atoms with Crippen LogP contribution >= 0.6 is 33.9 Å². The molecular formula is C15H11IN2OS. The molecule has 0 spiro atoms. The van der Waals surface area contributed by atoms with Crippen molar-refractivity contribution in [1.82, 2.24) is 9.97 Å². The minimum atomic E-state index is -0.0968. The van der Waals surface area contributed by atoms with Crippen molar-refractivity contribution in [2.75, 3.05) is 0 Å². The zero-order chi connectivity index (χ0) is 14.1. The van der Waals surface area contributed by atoms with Crippen LogP contribution in [0.3, 0.4) is 0 Å². The van der Waals surface area contributed by atoms with Gasteiger partial charge in [0.2, 0.25) is 0 Å². The molecule has 0 bridgehead atoms. The van der Waals surface area contributed by atoms with Crippen LogP contribution in [0.4, 0.5) is 0 Å². The van der Waals surface area contributed by atoms with E-state index >= 15 is 0 Å². The van der Waals surface area contributed by atoms with E-state index in [1.54, 1.807) is 11.3 Å². The van der Waals surface area contributed by atoms with Gasteiger partial charge in [-0.1, -0.05) is 30.3 Å². The average molecular weight is 394 g/mol. The molecule has 0 aliphatic heterocycles. The molecule has 0 saturated carbocycles. The summed E-state index contributed by atoms with van der Waals surface area (Å²) in [5.74, 6) is 0.632. The van der Waals surface area contributed by atoms with Gasteiger partial charge in [0, 0.05) is 10.4 Å². The van der Waals surface area contributed by atoms with Crippen LogP contribution in [-0.4, -0.2) is 9.97 Å². The smallest absolute Gasteiger partial charge is 0.265 e. The van der Waals surface area contributed by atoms with Gasteiger partial charge in [-0.25, -0.2) is 4.98 Å². The first-order valence-corrected chi connectivity index (χ1v) is 7.97. The van der Waals surface area contributed by atoms with E-state index in [1.807, 2.05) is 72.0 Å². The van der Waals surface area contributed by atoms with Crippen LogP contribution < -0.4 is 5.56 Å². The van der Waals surface area contributed by atoms with E-state index in [-0.39, 0.29) is 5.56 Å². The van der Waals surface area contributed by atoms with E-state index in [2.05, 4.69) is 9.97 Å². The Hall–Kier alpha value is -1.47. The molecule has 0 atom stereocenters. The Balaban J connectivity index is 2.21. The third kappa shape index (κ3) is 2.55. The molecule has 5 heteroatoms. The van der Waals surface area contributed by atoms with Gasteiger partial charge in [0.25, 0.3) is 5.56 Å². The van der Waals surface area contributed by atoms with Gasteiger partial charge in [-0.3, -0.25) is 4.79 Å². The standard InChI is InChI=1S/C15H11IN2OS/c1-9-7-8-11(20-9)14-17-13(12(16)15(19)18-14)10-5-3-2-4-6-10/h2-8H,1H3,(H,17,18,19). The van der Waals surface area contributed by atoms with Crippen molar-refractivity contribution in [3.63, 3.8) is 0 Å². The molecule has 100 valence electrons. The largest absolute Gasteiger partial charge is 0.305 e. The van der Waals surface area contributed by atoms with Gasteiger partial charge in [0.05, 0.1) is 10.6 Å². The number of aromatic amines is 1. The van der Waals surface area contributed by atoms with Crippen LogP contribution in [0.5, 0.6) is 0 Å². The van der Waals surface area contributed by atoms with Gasteiger partial charge in [-0.05, 0) is 41.6 Å². The predicted molar refractivity (Wildman–Crippen MR) is 91.1 cm³/mol. The van der Waals surface area contributed by atoms with Crippen molar-refractivity contribution in [3.05, 3.63) is 61.3 Å². The maximum absolute atomic E-state index is 12.1. The van der Waals surface area contributed by atoms with Crippen LogP contribution in [0.25, 0.3) is 22.0 Å². The summed E-state index contributed by atoms with van der Waals surface area (Å²) in [6, 6.07) is 13.8. The van der Waals surface area contributed by atoms with Crippen LogP contribution in [-0.2, 0) is 0 Å². The number of hydrogen-bond acceptors (Lipinski definition) is 3. The summed E-state index contributed by atoms with van der Waals surface area (Å²) in [4.78, 5) is 21.8. The molecule has 3 rings (SSSR count). The first kappa shape index (κ1) is 13.5.